The number of nitrogens with zero attached hydrogens (tertiary/aromatic N) is 1. The van der Waals surface area contributed by atoms with Gasteiger partial charge in [-0.1, -0.05) is 0 Å². The summed E-state index contributed by atoms with van der Waals surface area (Å²) in [5.74, 6) is 2.20. The fourth-order valence-corrected chi connectivity index (χ4v) is 2.47. The second kappa shape index (κ2) is 7.90. The van der Waals surface area contributed by atoms with E-state index >= 15 is 0 Å². The predicted molar refractivity (Wildman–Crippen MR) is 94.5 cm³/mol. The van der Waals surface area contributed by atoms with E-state index < -0.39 is 0 Å². The van der Waals surface area contributed by atoms with E-state index in [2.05, 4.69) is 4.90 Å². The zero-order valence-corrected chi connectivity index (χ0v) is 13.6. The zero-order chi connectivity index (χ0) is 16.8. The fourth-order valence-electron chi connectivity index (χ4n) is 2.47. The highest BCUT2D eigenvalue weighted by Gasteiger charge is 2.09. The van der Waals surface area contributed by atoms with Gasteiger partial charge in [0.15, 0.2) is 0 Å². The summed E-state index contributed by atoms with van der Waals surface area (Å²) in [7, 11) is 0. The molecule has 128 valence electrons. The Labute approximate surface area is 141 Å². The summed E-state index contributed by atoms with van der Waals surface area (Å²) >= 11 is 0. The Morgan fingerprint density at radius 3 is 2.25 bits per heavy atom. The van der Waals surface area contributed by atoms with Crippen molar-refractivity contribution < 1.29 is 14.2 Å². The van der Waals surface area contributed by atoms with Gasteiger partial charge in [-0.15, -0.1) is 0 Å². The van der Waals surface area contributed by atoms with Gasteiger partial charge >= 0.3 is 0 Å². The largest absolute Gasteiger partial charge is 0.492 e. The van der Waals surface area contributed by atoms with Crippen molar-refractivity contribution in [3.63, 3.8) is 0 Å². The molecule has 2 aromatic carbocycles. The molecule has 0 aromatic heterocycles. The normalized spacial score (nSPS) is 15.2. The van der Waals surface area contributed by atoms with Crippen LogP contribution in [0.3, 0.4) is 0 Å². The maximum absolute atomic E-state index is 5.78. The van der Waals surface area contributed by atoms with Gasteiger partial charge in [-0.25, -0.2) is 0 Å². The molecule has 0 spiro atoms. The molecule has 2 aromatic rings. The Morgan fingerprint density at radius 2 is 1.54 bits per heavy atom. The topological polar surface area (TPSA) is 83.0 Å². The van der Waals surface area contributed by atoms with Crippen LogP contribution in [0.1, 0.15) is 0 Å². The van der Waals surface area contributed by atoms with Gasteiger partial charge < -0.3 is 25.7 Å². The van der Waals surface area contributed by atoms with Crippen molar-refractivity contribution in [2.75, 3.05) is 50.9 Å². The third-order valence-electron chi connectivity index (χ3n) is 3.90. The molecule has 1 saturated heterocycles. The van der Waals surface area contributed by atoms with Crippen LogP contribution in [0.4, 0.5) is 11.4 Å². The number of anilines is 2. The van der Waals surface area contributed by atoms with Crippen molar-refractivity contribution in [3.8, 4) is 17.2 Å². The van der Waals surface area contributed by atoms with Crippen LogP contribution >= 0.6 is 0 Å². The second-order valence-electron chi connectivity index (χ2n) is 5.67. The van der Waals surface area contributed by atoms with Gasteiger partial charge in [-0.3, -0.25) is 4.90 Å². The summed E-state index contributed by atoms with van der Waals surface area (Å²) in [6.45, 7) is 5.13. The molecule has 3 rings (SSSR count). The third-order valence-corrected chi connectivity index (χ3v) is 3.90. The van der Waals surface area contributed by atoms with E-state index in [1.807, 2.05) is 24.3 Å². The molecule has 0 radical (unpaired) electrons. The lowest BCUT2D eigenvalue weighted by atomic mass is 10.2. The van der Waals surface area contributed by atoms with Crippen LogP contribution in [0.25, 0.3) is 0 Å². The molecule has 1 aliphatic heterocycles. The quantitative estimate of drug-likeness (QED) is 0.792. The number of nitrogen functional groups attached to an aromatic ring is 2. The molecule has 0 aliphatic carbocycles. The van der Waals surface area contributed by atoms with E-state index in [0.717, 1.165) is 44.3 Å². The van der Waals surface area contributed by atoms with Crippen molar-refractivity contribution in [1.29, 1.82) is 0 Å². The SMILES string of the molecule is Nc1ccc(Oc2ccc(OCCN3CCOCC3)cc2)cc1N. The van der Waals surface area contributed by atoms with E-state index in [9.17, 15) is 0 Å². The summed E-state index contributed by atoms with van der Waals surface area (Å²) in [6, 6.07) is 12.8. The first-order valence-electron chi connectivity index (χ1n) is 8.06. The van der Waals surface area contributed by atoms with E-state index in [-0.39, 0.29) is 0 Å². The average molecular weight is 329 g/mol. The summed E-state index contributed by atoms with van der Waals surface area (Å²) in [6.07, 6.45) is 0. The first-order chi connectivity index (χ1) is 11.7. The predicted octanol–water partition coefficient (Wildman–Crippen LogP) is 2.35. The molecule has 0 unspecified atom stereocenters. The van der Waals surface area contributed by atoms with Crippen molar-refractivity contribution in [3.05, 3.63) is 42.5 Å². The molecular formula is C18H23N3O3. The van der Waals surface area contributed by atoms with E-state index in [1.165, 1.54) is 0 Å². The number of benzene rings is 2. The maximum Gasteiger partial charge on any atom is 0.129 e. The van der Waals surface area contributed by atoms with E-state index in [1.54, 1.807) is 18.2 Å². The van der Waals surface area contributed by atoms with Gasteiger partial charge in [-0.2, -0.15) is 0 Å². The minimum atomic E-state index is 0.510. The Morgan fingerprint density at radius 1 is 0.875 bits per heavy atom. The molecule has 1 heterocycles. The summed E-state index contributed by atoms with van der Waals surface area (Å²) < 4.78 is 16.9. The lowest BCUT2D eigenvalue weighted by Crippen LogP contribution is -2.38. The molecule has 24 heavy (non-hydrogen) atoms. The Balaban J connectivity index is 1.48. The van der Waals surface area contributed by atoms with Gasteiger partial charge in [0.1, 0.15) is 23.9 Å². The molecule has 6 nitrogen and oxygen atoms in total. The molecule has 0 bridgehead atoms. The molecule has 1 fully saturated rings. The van der Waals surface area contributed by atoms with Crippen LogP contribution in [0.2, 0.25) is 0 Å². The lowest BCUT2D eigenvalue weighted by molar-refractivity contribution is 0.0322. The number of rotatable bonds is 6. The molecule has 4 N–H and O–H groups in total. The van der Waals surface area contributed by atoms with Gasteiger partial charge in [0.05, 0.1) is 24.6 Å². The lowest BCUT2D eigenvalue weighted by Gasteiger charge is -2.26. The third kappa shape index (κ3) is 4.53. The minimum absolute atomic E-state index is 0.510. The Hall–Kier alpha value is -2.44. The van der Waals surface area contributed by atoms with Crippen LogP contribution in [0, 0.1) is 0 Å². The second-order valence-corrected chi connectivity index (χ2v) is 5.67. The van der Waals surface area contributed by atoms with Crippen molar-refractivity contribution in [1.82, 2.24) is 4.90 Å². The van der Waals surface area contributed by atoms with Crippen LogP contribution in [0.15, 0.2) is 42.5 Å². The number of ether oxygens (including phenoxy) is 3. The molecule has 6 heteroatoms. The van der Waals surface area contributed by atoms with Crippen LogP contribution < -0.4 is 20.9 Å². The smallest absolute Gasteiger partial charge is 0.129 e. The van der Waals surface area contributed by atoms with Crippen LogP contribution in [-0.2, 0) is 4.74 Å². The monoisotopic (exact) mass is 329 g/mol. The summed E-state index contributed by atoms with van der Waals surface area (Å²) in [5.41, 5.74) is 12.5. The van der Waals surface area contributed by atoms with Gasteiger partial charge in [0.2, 0.25) is 0 Å². The highest BCUT2D eigenvalue weighted by Crippen LogP contribution is 2.27. The maximum atomic E-state index is 5.78. The Kier molecular flexibility index (Phi) is 5.40. The number of morpholine rings is 1. The van der Waals surface area contributed by atoms with Gasteiger partial charge in [0.25, 0.3) is 0 Å². The molecule has 0 atom stereocenters. The first-order valence-corrected chi connectivity index (χ1v) is 8.06. The standard InChI is InChI=1S/C18H23N3O3/c19-17-6-5-16(13-18(17)20)24-15-3-1-14(2-4-15)23-12-9-21-7-10-22-11-8-21/h1-6,13H,7-12,19-20H2. The highest BCUT2D eigenvalue weighted by atomic mass is 16.5. The van der Waals surface area contributed by atoms with Crippen molar-refractivity contribution in [2.24, 2.45) is 0 Å². The zero-order valence-electron chi connectivity index (χ0n) is 13.6. The van der Waals surface area contributed by atoms with Crippen LogP contribution in [-0.4, -0.2) is 44.4 Å². The number of nitrogens with two attached hydrogens (primary N) is 2. The number of hydrogen-bond donors (Lipinski definition) is 2. The molecule has 0 saturated carbocycles. The van der Waals surface area contributed by atoms with Crippen molar-refractivity contribution in [2.45, 2.75) is 0 Å². The summed E-state index contributed by atoms with van der Waals surface area (Å²) in [4.78, 5) is 2.34. The highest BCUT2D eigenvalue weighted by molar-refractivity contribution is 5.65. The average Bonchev–Trinajstić information content (AvgIpc) is 2.61. The Bertz CT molecular complexity index is 655. The van der Waals surface area contributed by atoms with E-state index in [4.69, 9.17) is 25.7 Å². The fraction of sp³-hybridized carbons (Fsp3) is 0.333. The molecule has 0 amide bonds. The first kappa shape index (κ1) is 16.4. The minimum Gasteiger partial charge on any atom is -0.492 e. The molecule has 1 aliphatic rings. The summed E-state index contributed by atoms with van der Waals surface area (Å²) in [5, 5.41) is 0. The number of hydrogen-bond acceptors (Lipinski definition) is 6. The van der Waals surface area contributed by atoms with Crippen LogP contribution in [0.5, 0.6) is 17.2 Å². The van der Waals surface area contributed by atoms with Crippen molar-refractivity contribution >= 4 is 11.4 Å². The van der Waals surface area contributed by atoms with Gasteiger partial charge in [-0.05, 0) is 36.4 Å². The van der Waals surface area contributed by atoms with Gasteiger partial charge in [0, 0.05) is 25.7 Å². The molecular weight excluding hydrogens is 306 g/mol. The van der Waals surface area contributed by atoms with E-state index in [0.29, 0.717) is 23.7 Å².